The van der Waals surface area contributed by atoms with Crippen molar-refractivity contribution in [3.8, 4) is 0 Å². The predicted molar refractivity (Wildman–Crippen MR) is 43.6 cm³/mol. The minimum absolute atomic E-state index is 0.125. The lowest BCUT2D eigenvalue weighted by Crippen LogP contribution is -2.50. The first-order valence-corrected chi connectivity index (χ1v) is 5.11. The third kappa shape index (κ3) is 2.08. The topological polar surface area (TPSA) is 82.9 Å². The molecule has 8 heteroatoms. The zero-order chi connectivity index (χ0) is 10.1. The van der Waals surface area contributed by atoms with Crippen LogP contribution in [0.3, 0.4) is 0 Å². The molecular formula is C5H11N3O4S. The molecule has 13 heavy (non-hydrogen) atoms. The molecule has 1 N–H and O–H groups in total. The van der Waals surface area contributed by atoms with E-state index in [9.17, 15) is 8.42 Å². The Morgan fingerprint density at radius 1 is 1.23 bits per heavy atom. The van der Waals surface area contributed by atoms with Crippen LogP contribution in [-0.2, 0) is 19.0 Å². The van der Waals surface area contributed by atoms with Gasteiger partial charge >= 0.3 is 10.4 Å². The molecule has 1 saturated heterocycles. The minimum Gasteiger partial charge on any atom is -0.265 e. The van der Waals surface area contributed by atoms with Gasteiger partial charge in [0.05, 0.1) is 0 Å². The Bertz CT molecular complexity index is 279. The first-order valence-electron chi connectivity index (χ1n) is 3.78. The summed E-state index contributed by atoms with van der Waals surface area (Å²) in [6.07, 6.45) is 0. The number of nitrogens with zero attached hydrogens (tertiary/aromatic N) is 2. The lowest BCUT2D eigenvalue weighted by molar-refractivity contribution is -0.110. The molecule has 0 saturated carbocycles. The number of guanidine groups is 1. The summed E-state index contributed by atoms with van der Waals surface area (Å²) >= 11 is 0. The highest BCUT2D eigenvalue weighted by Crippen LogP contribution is 2.13. The summed E-state index contributed by atoms with van der Waals surface area (Å²) in [6.45, 7) is 3.86. The van der Waals surface area contributed by atoms with Crippen molar-refractivity contribution in [2.75, 3.05) is 13.1 Å². The van der Waals surface area contributed by atoms with Crippen molar-refractivity contribution in [3.05, 3.63) is 0 Å². The molecule has 0 aliphatic carbocycles. The number of hydrogen-bond acceptors (Lipinski definition) is 5. The van der Waals surface area contributed by atoms with Crippen molar-refractivity contribution in [3.63, 3.8) is 0 Å². The third-order valence-electron chi connectivity index (χ3n) is 1.41. The molecule has 0 amide bonds. The van der Waals surface area contributed by atoms with Crippen LogP contribution < -0.4 is 0 Å². The van der Waals surface area contributed by atoms with Gasteiger partial charge in [0.1, 0.15) is 0 Å². The lowest BCUT2D eigenvalue weighted by atomic mass is 10.6. The maximum Gasteiger partial charge on any atom is 0.442 e. The number of nitrogens with one attached hydrogen (secondary N) is 1. The van der Waals surface area contributed by atoms with E-state index < -0.39 is 10.4 Å². The van der Waals surface area contributed by atoms with Crippen LogP contribution in [0.5, 0.6) is 0 Å². The van der Waals surface area contributed by atoms with Gasteiger partial charge in [-0.15, -0.1) is 8.57 Å². The Kier molecular flexibility index (Phi) is 2.74. The van der Waals surface area contributed by atoms with Gasteiger partial charge in [-0.1, -0.05) is 0 Å². The van der Waals surface area contributed by atoms with Crippen molar-refractivity contribution in [1.82, 2.24) is 10.1 Å². The molecule has 1 aliphatic rings. The van der Waals surface area contributed by atoms with Crippen molar-refractivity contribution in [2.24, 2.45) is 0 Å². The van der Waals surface area contributed by atoms with Crippen molar-refractivity contribution in [2.45, 2.75) is 13.8 Å². The molecule has 0 unspecified atom stereocenters. The molecule has 0 aromatic rings. The Morgan fingerprint density at radius 3 is 1.92 bits per heavy atom. The summed E-state index contributed by atoms with van der Waals surface area (Å²) in [7, 11) is -4.03. The molecule has 1 heterocycles. The molecule has 7 nitrogen and oxygen atoms in total. The van der Waals surface area contributed by atoms with E-state index in [1.165, 1.54) is 0 Å². The van der Waals surface area contributed by atoms with Gasteiger partial charge in [0, 0.05) is 13.1 Å². The van der Waals surface area contributed by atoms with E-state index in [2.05, 4.69) is 8.57 Å². The summed E-state index contributed by atoms with van der Waals surface area (Å²) in [4.78, 5) is 0. The van der Waals surface area contributed by atoms with Gasteiger partial charge in [0.25, 0.3) is 0 Å². The Hall–Kier alpha value is -0.860. The molecule has 1 fully saturated rings. The second-order valence-corrected chi connectivity index (χ2v) is 3.39. The molecule has 76 valence electrons. The first kappa shape index (κ1) is 10.2. The van der Waals surface area contributed by atoms with Crippen molar-refractivity contribution < 1.29 is 17.0 Å². The van der Waals surface area contributed by atoms with Crippen LogP contribution in [0.1, 0.15) is 13.8 Å². The van der Waals surface area contributed by atoms with Crippen LogP contribution in [0.2, 0.25) is 0 Å². The summed E-state index contributed by atoms with van der Waals surface area (Å²) in [5.41, 5.74) is 0. The molecular weight excluding hydrogens is 198 g/mol. The molecule has 0 aromatic carbocycles. The van der Waals surface area contributed by atoms with Crippen LogP contribution >= 0.6 is 0 Å². The quantitative estimate of drug-likeness (QED) is 0.671. The summed E-state index contributed by atoms with van der Waals surface area (Å²) < 4.78 is 30.6. The average molecular weight is 209 g/mol. The zero-order valence-corrected chi connectivity index (χ0v) is 8.17. The summed E-state index contributed by atoms with van der Waals surface area (Å²) in [6, 6.07) is 0. The number of hydrogen-bond donors (Lipinski definition) is 1. The van der Waals surface area contributed by atoms with E-state index >= 15 is 0 Å². The van der Waals surface area contributed by atoms with Crippen molar-refractivity contribution in [1.29, 1.82) is 5.41 Å². The van der Waals surface area contributed by atoms with Gasteiger partial charge in [0.15, 0.2) is 0 Å². The second kappa shape index (κ2) is 3.48. The van der Waals surface area contributed by atoms with E-state index in [-0.39, 0.29) is 19.0 Å². The van der Waals surface area contributed by atoms with E-state index in [1.54, 1.807) is 13.8 Å². The van der Waals surface area contributed by atoms with Crippen LogP contribution in [0.25, 0.3) is 0 Å². The van der Waals surface area contributed by atoms with Gasteiger partial charge in [-0.05, 0) is 13.8 Å². The normalized spacial score (nSPS) is 22.2. The van der Waals surface area contributed by atoms with E-state index in [4.69, 9.17) is 5.41 Å². The van der Waals surface area contributed by atoms with Crippen LogP contribution in [-0.4, -0.2) is 37.6 Å². The maximum atomic E-state index is 10.9. The van der Waals surface area contributed by atoms with E-state index in [0.29, 0.717) is 0 Å². The fourth-order valence-corrected chi connectivity index (χ4v) is 1.65. The van der Waals surface area contributed by atoms with Crippen molar-refractivity contribution >= 4 is 16.4 Å². The van der Waals surface area contributed by atoms with Gasteiger partial charge in [-0.3, -0.25) is 5.41 Å². The lowest BCUT2D eigenvalue weighted by Gasteiger charge is -2.32. The molecule has 0 spiro atoms. The number of hydroxylamine groups is 4. The van der Waals surface area contributed by atoms with Gasteiger partial charge in [-0.2, -0.15) is 8.42 Å². The summed E-state index contributed by atoms with van der Waals surface area (Å²) in [5, 5.41) is 9.28. The monoisotopic (exact) mass is 209 g/mol. The van der Waals surface area contributed by atoms with E-state index in [1.807, 2.05) is 0 Å². The molecule has 1 aliphatic heterocycles. The molecule has 0 aromatic heterocycles. The van der Waals surface area contributed by atoms with Gasteiger partial charge in [-0.25, -0.2) is 10.1 Å². The molecule has 1 rings (SSSR count). The highest BCUT2D eigenvalue weighted by molar-refractivity contribution is 7.81. The fourth-order valence-electron chi connectivity index (χ4n) is 0.834. The standard InChI is InChI=1S/C5H11N3O4S/c1-3-7-5(6)8(4-2)12-13(9,10)11-7/h6H,3-4H2,1-2H3. The minimum atomic E-state index is -4.03. The summed E-state index contributed by atoms with van der Waals surface area (Å²) in [5.74, 6) is -0.125. The maximum absolute atomic E-state index is 10.9. The second-order valence-electron chi connectivity index (χ2n) is 2.27. The zero-order valence-electron chi connectivity index (χ0n) is 7.35. The Morgan fingerprint density at radius 2 is 1.62 bits per heavy atom. The Labute approximate surface area is 76.6 Å². The average Bonchev–Trinajstić information content (AvgIpc) is 2.08. The molecule has 0 bridgehead atoms. The highest BCUT2D eigenvalue weighted by Gasteiger charge is 2.33. The number of rotatable bonds is 2. The van der Waals surface area contributed by atoms with E-state index in [0.717, 1.165) is 10.1 Å². The SMILES string of the molecule is CCN1OS(=O)(=O)ON(CC)C1=N. The van der Waals surface area contributed by atoms with Crippen LogP contribution in [0.15, 0.2) is 0 Å². The molecule has 0 radical (unpaired) electrons. The van der Waals surface area contributed by atoms with Gasteiger partial charge in [0.2, 0.25) is 5.96 Å². The molecule has 0 atom stereocenters. The largest absolute Gasteiger partial charge is 0.442 e. The third-order valence-corrected chi connectivity index (χ3v) is 2.13. The van der Waals surface area contributed by atoms with Crippen LogP contribution in [0.4, 0.5) is 0 Å². The Balaban J connectivity index is 2.87. The van der Waals surface area contributed by atoms with Gasteiger partial charge < -0.3 is 0 Å². The highest BCUT2D eigenvalue weighted by atomic mass is 32.3. The fraction of sp³-hybridized carbons (Fsp3) is 0.800. The van der Waals surface area contributed by atoms with Crippen LogP contribution in [0, 0.1) is 5.41 Å². The first-order chi connectivity index (χ1) is 6.00. The smallest absolute Gasteiger partial charge is 0.265 e. The predicted octanol–water partition coefficient (Wildman–Crippen LogP) is -0.313.